The van der Waals surface area contributed by atoms with Crippen molar-refractivity contribution in [1.82, 2.24) is 5.32 Å². The van der Waals surface area contributed by atoms with E-state index >= 15 is 0 Å². The Bertz CT molecular complexity index is 208. The maximum absolute atomic E-state index is 11.7. The summed E-state index contributed by atoms with van der Waals surface area (Å²) in [6, 6.07) is 0.205. The van der Waals surface area contributed by atoms with Gasteiger partial charge in [-0.3, -0.25) is 4.79 Å². The molecule has 0 spiro atoms. The van der Waals surface area contributed by atoms with Crippen LogP contribution in [0.4, 0.5) is 0 Å². The summed E-state index contributed by atoms with van der Waals surface area (Å²) in [7, 11) is 0. The zero-order chi connectivity index (χ0) is 13.3. The van der Waals surface area contributed by atoms with E-state index in [0.29, 0.717) is 6.54 Å². The van der Waals surface area contributed by atoms with Gasteiger partial charge in [0.05, 0.1) is 6.10 Å². The number of hydrogen-bond acceptors (Lipinski definition) is 3. The van der Waals surface area contributed by atoms with Crippen molar-refractivity contribution >= 4 is 5.91 Å². The van der Waals surface area contributed by atoms with E-state index in [1.165, 1.54) is 0 Å². The zero-order valence-corrected chi connectivity index (χ0v) is 11.4. The standard InChI is InChI=1S/C13H28N2O2/c1-4-6-12(16)9-15-13(17)10(2)7-5-8-11(3)14/h10-12,16H,4-9,14H2,1-3H3,(H,15,17). The molecule has 1 amide bonds. The van der Waals surface area contributed by atoms with Gasteiger partial charge in [0.25, 0.3) is 0 Å². The maximum Gasteiger partial charge on any atom is 0.222 e. The minimum Gasteiger partial charge on any atom is -0.391 e. The van der Waals surface area contributed by atoms with Gasteiger partial charge in [-0.25, -0.2) is 0 Å². The average molecular weight is 244 g/mol. The Kier molecular flexibility index (Phi) is 9.09. The normalized spacial score (nSPS) is 16.3. The fourth-order valence-corrected chi connectivity index (χ4v) is 1.71. The van der Waals surface area contributed by atoms with E-state index in [-0.39, 0.29) is 17.9 Å². The third-order valence-electron chi connectivity index (χ3n) is 2.88. The molecule has 0 aliphatic carbocycles. The Labute approximate surface area is 105 Å². The van der Waals surface area contributed by atoms with Gasteiger partial charge in [0.15, 0.2) is 0 Å². The first-order chi connectivity index (χ1) is 7.97. The van der Waals surface area contributed by atoms with Crippen molar-refractivity contribution < 1.29 is 9.90 Å². The van der Waals surface area contributed by atoms with E-state index in [9.17, 15) is 9.90 Å². The summed E-state index contributed by atoms with van der Waals surface area (Å²) < 4.78 is 0. The SMILES string of the molecule is CCCC(O)CNC(=O)C(C)CCCC(C)N. The van der Waals surface area contributed by atoms with Crippen molar-refractivity contribution in [3.05, 3.63) is 0 Å². The van der Waals surface area contributed by atoms with Gasteiger partial charge in [0.1, 0.15) is 0 Å². The number of nitrogens with one attached hydrogen (secondary N) is 1. The highest BCUT2D eigenvalue weighted by Gasteiger charge is 2.13. The van der Waals surface area contributed by atoms with Gasteiger partial charge in [0.2, 0.25) is 5.91 Å². The second-order valence-electron chi connectivity index (χ2n) is 5.00. The molecular formula is C13H28N2O2. The Morgan fingerprint density at radius 1 is 1.29 bits per heavy atom. The van der Waals surface area contributed by atoms with Gasteiger partial charge in [-0.2, -0.15) is 0 Å². The van der Waals surface area contributed by atoms with Crippen LogP contribution in [0.1, 0.15) is 52.9 Å². The Morgan fingerprint density at radius 3 is 2.47 bits per heavy atom. The number of rotatable bonds is 9. The van der Waals surface area contributed by atoms with Crippen LogP contribution in [0, 0.1) is 5.92 Å². The molecule has 0 rings (SSSR count). The number of hydrogen-bond donors (Lipinski definition) is 3. The van der Waals surface area contributed by atoms with Gasteiger partial charge in [-0.15, -0.1) is 0 Å². The van der Waals surface area contributed by atoms with Crippen LogP contribution in [0.2, 0.25) is 0 Å². The van der Waals surface area contributed by atoms with Crippen LogP contribution in [-0.4, -0.2) is 29.7 Å². The molecule has 0 saturated carbocycles. The summed E-state index contributed by atoms with van der Waals surface area (Å²) in [5.74, 6) is 0.0346. The Morgan fingerprint density at radius 2 is 1.94 bits per heavy atom. The second kappa shape index (κ2) is 9.42. The molecule has 0 saturated heterocycles. The molecule has 17 heavy (non-hydrogen) atoms. The summed E-state index contributed by atoms with van der Waals surface area (Å²) in [5.41, 5.74) is 5.65. The fourth-order valence-electron chi connectivity index (χ4n) is 1.71. The summed E-state index contributed by atoms with van der Waals surface area (Å²) in [6.45, 7) is 6.28. The number of carbonyl (C=O) groups is 1. The van der Waals surface area contributed by atoms with Gasteiger partial charge < -0.3 is 16.2 Å². The topological polar surface area (TPSA) is 75.3 Å². The van der Waals surface area contributed by atoms with Gasteiger partial charge >= 0.3 is 0 Å². The molecule has 102 valence electrons. The molecule has 0 bridgehead atoms. The van der Waals surface area contributed by atoms with Gasteiger partial charge in [-0.05, 0) is 26.2 Å². The van der Waals surface area contributed by atoms with E-state index in [2.05, 4.69) is 5.32 Å². The van der Waals surface area contributed by atoms with Crippen molar-refractivity contribution in [3.8, 4) is 0 Å². The number of nitrogens with two attached hydrogens (primary N) is 1. The minimum atomic E-state index is -0.416. The fraction of sp³-hybridized carbons (Fsp3) is 0.923. The number of amides is 1. The van der Waals surface area contributed by atoms with E-state index < -0.39 is 6.10 Å². The van der Waals surface area contributed by atoms with Gasteiger partial charge in [-0.1, -0.05) is 26.7 Å². The molecule has 4 heteroatoms. The summed E-state index contributed by atoms with van der Waals surface area (Å²) >= 11 is 0. The third kappa shape index (κ3) is 9.12. The summed E-state index contributed by atoms with van der Waals surface area (Å²) in [5, 5.41) is 12.3. The lowest BCUT2D eigenvalue weighted by Gasteiger charge is -2.15. The van der Waals surface area contributed by atoms with Crippen LogP contribution in [-0.2, 0) is 4.79 Å². The first-order valence-corrected chi connectivity index (χ1v) is 6.68. The molecule has 0 aliphatic heterocycles. The van der Waals surface area contributed by atoms with E-state index in [4.69, 9.17) is 5.73 Å². The van der Waals surface area contributed by atoms with E-state index in [1.54, 1.807) is 0 Å². The highest BCUT2D eigenvalue weighted by Crippen LogP contribution is 2.09. The van der Waals surface area contributed by atoms with Crippen molar-refractivity contribution in [1.29, 1.82) is 0 Å². The van der Waals surface area contributed by atoms with Crippen molar-refractivity contribution in [2.24, 2.45) is 11.7 Å². The summed E-state index contributed by atoms with van der Waals surface area (Å²) in [6.07, 6.45) is 4.04. The van der Waals surface area contributed by atoms with Crippen LogP contribution >= 0.6 is 0 Å². The first kappa shape index (κ1) is 16.4. The molecule has 0 fully saturated rings. The maximum atomic E-state index is 11.7. The van der Waals surface area contributed by atoms with Crippen LogP contribution in [0.3, 0.4) is 0 Å². The van der Waals surface area contributed by atoms with Crippen molar-refractivity contribution in [3.63, 3.8) is 0 Å². The number of aliphatic hydroxyl groups is 1. The minimum absolute atomic E-state index is 0.00239. The smallest absolute Gasteiger partial charge is 0.222 e. The highest BCUT2D eigenvalue weighted by molar-refractivity contribution is 5.78. The molecule has 0 aliphatic rings. The monoisotopic (exact) mass is 244 g/mol. The van der Waals surface area contributed by atoms with Crippen LogP contribution < -0.4 is 11.1 Å². The number of carbonyl (C=O) groups excluding carboxylic acids is 1. The van der Waals surface area contributed by atoms with E-state index in [0.717, 1.165) is 32.1 Å². The quantitative estimate of drug-likeness (QED) is 0.574. The average Bonchev–Trinajstić information content (AvgIpc) is 2.25. The van der Waals surface area contributed by atoms with Crippen LogP contribution in [0.15, 0.2) is 0 Å². The predicted molar refractivity (Wildman–Crippen MR) is 70.6 cm³/mol. The number of aliphatic hydroxyl groups excluding tert-OH is 1. The largest absolute Gasteiger partial charge is 0.391 e. The van der Waals surface area contributed by atoms with E-state index in [1.807, 2.05) is 20.8 Å². The van der Waals surface area contributed by atoms with Crippen molar-refractivity contribution in [2.75, 3.05) is 6.54 Å². The molecule has 3 atom stereocenters. The Hall–Kier alpha value is -0.610. The molecule has 0 aromatic rings. The summed E-state index contributed by atoms with van der Waals surface area (Å²) in [4.78, 5) is 11.7. The molecule has 3 unspecified atom stereocenters. The third-order valence-corrected chi connectivity index (χ3v) is 2.88. The molecule has 0 heterocycles. The molecule has 4 N–H and O–H groups in total. The Balaban J connectivity index is 3.67. The predicted octanol–water partition coefficient (Wildman–Crippen LogP) is 1.42. The molecule has 4 nitrogen and oxygen atoms in total. The van der Waals surface area contributed by atoms with Crippen LogP contribution in [0.5, 0.6) is 0 Å². The lowest BCUT2D eigenvalue weighted by molar-refractivity contribution is -0.125. The zero-order valence-electron chi connectivity index (χ0n) is 11.4. The first-order valence-electron chi connectivity index (χ1n) is 6.68. The molecular weight excluding hydrogens is 216 g/mol. The van der Waals surface area contributed by atoms with Crippen LogP contribution in [0.25, 0.3) is 0 Å². The molecule has 0 radical (unpaired) electrons. The second-order valence-corrected chi connectivity index (χ2v) is 5.00. The van der Waals surface area contributed by atoms with Crippen molar-refractivity contribution in [2.45, 2.75) is 65.0 Å². The lowest BCUT2D eigenvalue weighted by Crippen LogP contribution is -2.35. The van der Waals surface area contributed by atoms with Gasteiger partial charge in [0, 0.05) is 18.5 Å². The highest BCUT2D eigenvalue weighted by atomic mass is 16.3. The molecule has 0 aromatic carbocycles. The lowest BCUT2D eigenvalue weighted by atomic mass is 10.0. The molecule has 0 aromatic heterocycles.